The lowest BCUT2D eigenvalue weighted by Crippen LogP contribution is -2.40. The maximum absolute atomic E-state index is 13.1. The Morgan fingerprint density at radius 3 is 2.09 bits per heavy atom. The van der Waals surface area contributed by atoms with Crippen LogP contribution in [-0.2, 0) is 22.7 Å². The van der Waals surface area contributed by atoms with E-state index in [1.807, 2.05) is 60.7 Å². The monoisotopic (exact) mass is 509 g/mol. The number of rotatable bonds is 7. The number of esters is 1. The Morgan fingerprint density at radius 1 is 0.848 bits per heavy atom. The highest BCUT2D eigenvalue weighted by molar-refractivity contribution is 9.10. The van der Waals surface area contributed by atoms with E-state index in [1.165, 1.54) is 0 Å². The predicted molar refractivity (Wildman–Crippen MR) is 127 cm³/mol. The zero-order valence-corrected chi connectivity index (χ0v) is 19.6. The van der Waals surface area contributed by atoms with E-state index in [1.54, 1.807) is 17.0 Å². The smallest absolute Gasteiger partial charge is 0.342 e. The van der Waals surface area contributed by atoms with E-state index >= 15 is 0 Å². The lowest BCUT2D eigenvalue weighted by Gasteiger charge is -2.27. The SMILES string of the molecule is O=C(OCc1ccccc1)c1cc(Br)c(C(=O)N2CCOCC2)cc1OCc1ccccc1. The van der Waals surface area contributed by atoms with Crippen molar-refractivity contribution in [2.24, 2.45) is 0 Å². The number of carbonyl (C=O) groups is 2. The molecule has 7 heteroatoms. The van der Waals surface area contributed by atoms with E-state index in [0.717, 1.165) is 11.1 Å². The van der Waals surface area contributed by atoms with Crippen LogP contribution in [0.5, 0.6) is 5.75 Å². The summed E-state index contributed by atoms with van der Waals surface area (Å²) < 4.78 is 17.4. The fraction of sp³-hybridized carbons (Fsp3) is 0.231. The highest BCUT2D eigenvalue weighted by Gasteiger charge is 2.25. The van der Waals surface area contributed by atoms with Gasteiger partial charge in [0.05, 0.1) is 18.8 Å². The molecule has 0 N–H and O–H groups in total. The zero-order chi connectivity index (χ0) is 23.0. The Bertz CT molecular complexity index is 1100. The van der Waals surface area contributed by atoms with Crippen LogP contribution in [0.15, 0.2) is 77.3 Å². The van der Waals surface area contributed by atoms with Crippen LogP contribution >= 0.6 is 15.9 Å². The molecule has 1 aliphatic heterocycles. The molecule has 3 aromatic rings. The summed E-state index contributed by atoms with van der Waals surface area (Å²) in [5, 5.41) is 0. The minimum absolute atomic E-state index is 0.140. The van der Waals surface area contributed by atoms with Crippen LogP contribution in [0.25, 0.3) is 0 Å². The van der Waals surface area contributed by atoms with Gasteiger partial charge in [0.2, 0.25) is 0 Å². The number of ether oxygens (including phenoxy) is 3. The van der Waals surface area contributed by atoms with E-state index in [4.69, 9.17) is 14.2 Å². The lowest BCUT2D eigenvalue weighted by atomic mass is 10.1. The maximum atomic E-state index is 13.1. The van der Waals surface area contributed by atoms with Gasteiger partial charge in [-0.2, -0.15) is 0 Å². The third-order valence-corrected chi connectivity index (χ3v) is 5.92. The van der Waals surface area contributed by atoms with Gasteiger partial charge in [-0.05, 0) is 39.2 Å². The molecule has 3 aromatic carbocycles. The zero-order valence-electron chi connectivity index (χ0n) is 18.0. The molecule has 0 aliphatic carbocycles. The minimum Gasteiger partial charge on any atom is -0.488 e. The molecule has 170 valence electrons. The lowest BCUT2D eigenvalue weighted by molar-refractivity contribution is 0.0301. The summed E-state index contributed by atoms with van der Waals surface area (Å²) in [6.07, 6.45) is 0. The molecule has 0 aromatic heterocycles. The second kappa shape index (κ2) is 11.1. The Hall–Kier alpha value is -3.16. The molecule has 1 heterocycles. The van der Waals surface area contributed by atoms with Gasteiger partial charge in [-0.15, -0.1) is 0 Å². The summed E-state index contributed by atoms with van der Waals surface area (Å²) in [7, 11) is 0. The largest absolute Gasteiger partial charge is 0.488 e. The number of nitrogens with zero attached hydrogens (tertiary/aromatic N) is 1. The molecule has 1 saturated heterocycles. The first-order chi connectivity index (χ1) is 16.1. The molecule has 1 fully saturated rings. The molecule has 4 rings (SSSR count). The molecular weight excluding hydrogens is 486 g/mol. The van der Waals surface area contributed by atoms with Gasteiger partial charge in [-0.1, -0.05) is 60.7 Å². The average molecular weight is 510 g/mol. The van der Waals surface area contributed by atoms with Crippen molar-refractivity contribution < 1.29 is 23.8 Å². The van der Waals surface area contributed by atoms with E-state index in [2.05, 4.69) is 15.9 Å². The van der Waals surface area contributed by atoms with Crippen molar-refractivity contribution in [1.29, 1.82) is 0 Å². The minimum atomic E-state index is -0.520. The van der Waals surface area contributed by atoms with Gasteiger partial charge >= 0.3 is 5.97 Å². The summed E-state index contributed by atoms with van der Waals surface area (Å²) in [4.78, 5) is 27.8. The third kappa shape index (κ3) is 6.00. The van der Waals surface area contributed by atoms with Crippen molar-refractivity contribution in [3.63, 3.8) is 0 Å². The van der Waals surface area contributed by atoms with Gasteiger partial charge in [0.1, 0.15) is 24.5 Å². The molecule has 33 heavy (non-hydrogen) atoms. The van der Waals surface area contributed by atoms with Crippen LogP contribution in [0, 0.1) is 0 Å². The van der Waals surface area contributed by atoms with E-state index in [9.17, 15) is 9.59 Å². The van der Waals surface area contributed by atoms with Crippen molar-refractivity contribution in [2.75, 3.05) is 26.3 Å². The fourth-order valence-electron chi connectivity index (χ4n) is 3.47. The number of halogens is 1. The average Bonchev–Trinajstić information content (AvgIpc) is 2.87. The van der Waals surface area contributed by atoms with Crippen molar-refractivity contribution in [1.82, 2.24) is 4.90 Å². The van der Waals surface area contributed by atoms with Crippen LogP contribution in [0.2, 0.25) is 0 Å². The number of benzene rings is 3. The topological polar surface area (TPSA) is 65.1 Å². The Kier molecular flexibility index (Phi) is 7.75. The second-order valence-electron chi connectivity index (χ2n) is 7.57. The summed E-state index contributed by atoms with van der Waals surface area (Å²) in [6, 6.07) is 22.3. The number of amides is 1. The van der Waals surface area contributed by atoms with Gasteiger partial charge in [0, 0.05) is 17.6 Å². The van der Waals surface area contributed by atoms with Crippen molar-refractivity contribution in [2.45, 2.75) is 13.2 Å². The summed E-state index contributed by atoms with van der Waals surface area (Å²) >= 11 is 3.47. The van der Waals surface area contributed by atoms with Crippen LogP contribution < -0.4 is 4.74 Å². The number of hydrogen-bond acceptors (Lipinski definition) is 5. The highest BCUT2D eigenvalue weighted by Crippen LogP contribution is 2.30. The van der Waals surface area contributed by atoms with Gasteiger partial charge in [0.15, 0.2) is 0 Å². The van der Waals surface area contributed by atoms with Crippen molar-refractivity contribution in [3.05, 3.63) is 99.5 Å². The van der Waals surface area contributed by atoms with Crippen LogP contribution in [-0.4, -0.2) is 43.1 Å². The van der Waals surface area contributed by atoms with E-state index in [0.29, 0.717) is 42.1 Å². The van der Waals surface area contributed by atoms with E-state index in [-0.39, 0.29) is 24.7 Å². The first-order valence-electron chi connectivity index (χ1n) is 10.7. The van der Waals surface area contributed by atoms with Gasteiger partial charge < -0.3 is 19.1 Å². The van der Waals surface area contributed by atoms with Crippen molar-refractivity contribution in [3.8, 4) is 5.75 Å². The molecule has 6 nitrogen and oxygen atoms in total. The number of carbonyl (C=O) groups excluding carboxylic acids is 2. The first kappa shape index (κ1) is 23.0. The van der Waals surface area contributed by atoms with E-state index < -0.39 is 5.97 Å². The molecular formula is C26H24BrNO5. The third-order valence-electron chi connectivity index (χ3n) is 5.27. The van der Waals surface area contributed by atoms with Gasteiger partial charge in [-0.3, -0.25) is 4.79 Å². The maximum Gasteiger partial charge on any atom is 0.342 e. The number of hydrogen-bond donors (Lipinski definition) is 0. The summed E-state index contributed by atoms with van der Waals surface area (Å²) in [5.74, 6) is -0.358. The highest BCUT2D eigenvalue weighted by atomic mass is 79.9. The molecule has 1 aliphatic rings. The van der Waals surface area contributed by atoms with Gasteiger partial charge in [0.25, 0.3) is 5.91 Å². The molecule has 0 atom stereocenters. The normalized spacial score (nSPS) is 13.4. The molecule has 0 bridgehead atoms. The van der Waals surface area contributed by atoms with Crippen LogP contribution in [0.3, 0.4) is 0 Å². The summed E-state index contributed by atoms with van der Waals surface area (Å²) in [5.41, 5.74) is 2.52. The number of morpholine rings is 1. The second-order valence-corrected chi connectivity index (χ2v) is 8.42. The Balaban J connectivity index is 1.59. The first-order valence-corrected chi connectivity index (χ1v) is 11.5. The molecule has 0 radical (unpaired) electrons. The molecule has 1 amide bonds. The Labute approximate surface area is 201 Å². The standard InChI is InChI=1S/C26H24BrNO5/c27-23-15-22(26(30)33-18-20-9-5-2-6-10-20)24(32-17-19-7-3-1-4-8-19)16-21(23)25(29)28-11-13-31-14-12-28/h1-10,15-16H,11-14,17-18H2. The summed E-state index contributed by atoms with van der Waals surface area (Å²) in [6.45, 7) is 2.45. The van der Waals surface area contributed by atoms with Crippen LogP contribution in [0.4, 0.5) is 0 Å². The van der Waals surface area contributed by atoms with Crippen molar-refractivity contribution >= 4 is 27.8 Å². The van der Waals surface area contributed by atoms with Crippen LogP contribution in [0.1, 0.15) is 31.8 Å². The quantitative estimate of drug-likeness (QED) is 0.425. The van der Waals surface area contributed by atoms with Gasteiger partial charge in [-0.25, -0.2) is 4.79 Å². The molecule has 0 spiro atoms. The molecule has 0 saturated carbocycles. The fourth-order valence-corrected chi connectivity index (χ4v) is 3.98. The molecule has 0 unspecified atom stereocenters. The Morgan fingerprint density at radius 2 is 1.45 bits per heavy atom. The predicted octanol–water partition coefficient (Wildman–Crippen LogP) is 4.86.